The fourth-order valence-electron chi connectivity index (χ4n) is 2.35. The molecule has 2 N–H and O–H groups in total. The number of hydrazine groups is 1. The number of esters is 1. The summed E-state index contributed by atoms with van der Waals surface area (Å²) in [4.78, 5) is 45.5. The Morgan fingerprint density at radius 1 is 1.07 bits per heavy atom. The number of nitrogens with one attached hydrogen (secondary N) is 2. The second-order valence-electron chi connectivity index (χ2n) is 5.99. The fourth-order valence-corrected chi connectivity index (χ4v) is 2.35. The van der Waals surface area contributed by atoms with Crippen molar-refractivity contribution < 1.29 is 24.0 Å². The first-order valence-electron chi connectivity index (χ1n) is 8.41. The van der Waals surface area contributed by atoms with Crippen molar-refractivity contribution >= 4 is 23.5 Å². The fraction of sp³-hybridized carbons (Fsp3) is 0.211. The van der Waals surface area contributed by atoms with Crippen LogP contribution >= 0.6 is 0 Å². The van der Waals surface area contributed by atoms with E-state index in [-0.39, 0.29) is 23.6 Å². The summed E-state index contributed by atoms with van der Waals surface area (Å²) in [5, 5.41) is 10.7. The van der Waals surface area contributed by atoms with Gasteiger partial charge in [0.25, 0.3) is 17.5 Å². The molecule has 0 spiro atoms. The van der Waals surface area contributed by atoms with Crippen LogP contribution in [-0.2, 0) is 14.3 Å². The summed E-state index contributed by atoms with van der Waals surface area (Å²) in [6.07, 6.45) is 0.108. The van der Waals surface area contributed by atoms with Gasteiger partial charge in [0.15, 0.2) is 6.61 Å². The number of benzene rings is 2. The topological polar surface area (TPSA) is 128 Å². The minimum absolute atomic E-state index is 0.00295. The zero-order chi connectivity index (χ0) is 20.5. The third-order valence-electron chi connectivity index (χ3n) is 3.84. The number of nitrogens with zero attached hydrogens (tertiary/aromatic N) is 1. The normalized spacial score (nSPS) is 11.2. The van der Waals surface area contributed by atoms with E-state index in [0.717, 1.165) is 11.6 Å². The first-order valence-corrected chi connectivity index (χ1v) is 8.41. The van der Waals surface area contributed by atoms with Gasteiger partial charge in [0, 0.05) is 17.7 Å². The molecule has 0 aliphatic heterocycles. The van der Waals surface area contributed by atoms with Crippen LogP contribution in [0.3, 0.4) is 0 Å². The molecular weight excluding hydrogens is 366 g/mol. The van der Waals surface area contributed by atoms with Crippen LogP contribution in [0.1, 0.15) is 35.2 Å². The molecule has 0 heterocycles. The molecule has 0 aliphatic rings. The minimum atomic E-state index is -0.737. The maximum atomic E-state index is 11.9. The Morgan fingerprint density at radius 2 is 1.79 bits per heavy atom. The van der Waals surface area contributed by atoms with E-state index in [1.54, 1.807) is 0 Å². The molecule has 2 amide bonds. The van der Waals surface area contributed by atoms with Crippen LogP contribution < -0.4 is 10.9 Å². The van der Waals surface area contributed by atoms with Gasteiger partial charge in [0.2, 0.25) is 0 Å². The maximum absolute atomic E-state index is 11.9. The Bertz CT molecular complexity index is 869. The number of nitro groups is 1. The predicted octanol–water partition coefficient (Wildman–Crippen LogP) is 2.09. The van der Waals surface area contributed by atoms with Gasteiger partial charge in [0.05, 0.1) is 11.3 Å². The summed E-state index contributed by atoms with van der Waals surface area (Å²) in [5.41, 5.74) is 4.92. The molecule has 0 radical (unpaired) electrons. The number of amides is 2. The van der Waals surface area contributed by atoms with Crippen molar-refractivity contribution in [2.75, 3.05) is 6.61 Å². The Kier molecular flexibility index (Phi) is 7.21. The van der Waals surface area contributed by atoms with Crippen molar-refractivity contribution in [3.05, 3.63) is 75.8 Å². The van der Waals surface area contributed by atoms with Crippen molar-refractivity contribution in [2.24, 2.45) is 0 Å². The van der Waals surface area contributed by atoms with Crippen LogP contribution in [-0.4, -0.2) is 29.3 Å². The Balaban J connectivity index is 1.75. The van der Waals surface area contributed by atoms with Gasteiger partial charge in [-0.1, -0.05) is 43.3 Å². The summed E-state index contributed by atoms with van der Waals surface area (Å²) in [6, 6.07) is 14.4. The van der Waals surface area contributed by atoms with Gasteiger partial charge in [-0.25, -0.2) is 0 Å². The summed E-state index contributed by atoms with van der Waals surface area (Å²) in [7, 11) is 0. The van der Waals surface area contributed by atoms with Crippen LogP contribution in [0.4, 0.5) is 5.69 Å². The van der Waals surface area contributed by atoms with E-state index in [9.17, 15) is 24.5 Å². The van der Waals surface area contributed by atoms with Crippen LogP contribution in [0.15, 0.2) is 54.6 Å². The molecule has 2 aromatic carbocycles. The lowest BCUT2D eigenvalue weighted by Gasteiger charge is -2.12. The smallest absolute Gasteiger partial charge is 0.306 e. The molecule has 28 heavy (non-hydrogen) atoms. The molecule has 0 unspecified atom stereocenters. The maximum Gasteiger partial charge on any atom is 0.306 e. The van der Waals surface area contributed by atoms with Gasteiger partial charge in [-0.05, 0) is 17.5 Å². The van der Waals surface area contributed by atoms with Gasteiger partial charge in [-0.3, -0.25) is 35.3 Å². The molecular formula is C19H19N3O6. The van der Waals surface area contributed by atoms with Crippen LogP contribution in [0.25, 0.3) is 0 Å². The van der Waals surface area contributed by atoms with Crippen molar-refractivity contribution in [3.63, 3.8) is 0 Å². The number of carbonyl (C=O) groups is 3. The quantitative estimate of drug-likeness (QED) is 0.427. The van der Waals surface area contributed by atoms with Gasteiger partial charge >= 0.3 is 5.97 Å². The molecule has 0 aliphatic carbocycles. The SMILES string of the molecule is C[C@H](CC(=O)OCC(=O)NNC(=O)c1cccc([N+](=O)[O-])c1)c1ccccc1. The highest BCUT2D eigenvalue weighted by Gasteiger charge is 2.15. The Morgan fingerprint density at radius 3 is 2.46 bits per heavy atom. The number of non-ortho nitro benzene ring substituents is 1. The van der Waals surface area contributed by atoms with E-state index in [0.29, 0.717) is 0 Å². The third-order valence-corrected chi connectivity index (χ3v) is 3.84. The summed E-state index contributed by atoms with van der Waals surface area (Å²) in [6.45, 7) is 1.31. The predicted molar refractivity (Wildman–Crippen MR) is 99.1 cm³/mol. The van der Waals surface area contributed by atoms with E-state index in [4.69, 9.17) is 4.74 Å². The molecule has 0 bridgehead atoms. The molecule has 1 atom stereocenters. The molecule has 9 heteroatoms. The van der Waals surface area contributed by atoms with E-state index >= 15 is 0 Å². The molecule has 9 nitrogen and oxygen atoms in total. The zero-order valence-corrected chi connectivity index (χ0v) is 15.1. The van der Waals surface area contributed by atoms with Crippen LogP contribution in [0.2, 0.25) is 0 Å². The highest BCUT2D eigenvalue weighted by molar-refractivity contribution is 5.96. The van der Waals surface area contributed by atoms with E-state index in [1.165, 1.54) is 18.2 Å². The number of rotatable bonds is 7. The third kappa shape index (κ3) is 6.20. The van der Waals surface area contributed by atoms with Crippen molar-refractivity contribution in [1.82, 2.24) is 10.9 Å². The Labute approximate surface area is 160 Å². The molecule has 0 fully saturated rings. The van der Waals surface area contributed by atoms with Crippen LogP contribution in [0, 0.1) is 10.1 Å². The molecule has 0 aromatic heterocycles. The number of carbonyl (C=O) groups excluding carboxylic acids is 3. The summed E-state index contributed by atoms with van der Waals surface area (Å²) >= 11 is 0. The van der Waals surface area contributed by atoms with Crippen molar-refractivity contribution in [3.8, 4) is 0 Å². The second kappa shape index (κ2) is 9.81. The standard InChI is InChI=1S/C19H19N3O6/c1-13(14-6-3-2-4-7-14)10-18(24)28-12-17(23)20-21-19(25)15-8-5-9-16(11-15)22(26)27/h2-9,11,13H,10,12H2,1H3,(H,20,23)(H,21,25)/t13-/m1/s1. The van der Waals surface area contributed by atoms with Crippen molar-refractivity contribution in [1.29, 1.82) is 0 Å². The van der Waals surface area contributed by atoms with E-state index in [1.807, 2.05) is 37.3 Å². The van der Waals surface area contributed by atoms with Gasteiger partial charge in [0.1, 0.15) is 0 Å². The second-order valence-corrected chi connectivity index (χ2v) is 5.99. The van der Waals surface area contributed by atoms with Gasteiger partial charge < -0.3 is 4.74 Å². The zero-order valence-electron chi connectivity index (χ0n) is 15.1. The average Bonchev–Trinajstić information content (AvgIpc) is 2.71. The highest BCUT2D eigenvalue weighted by Crippen LogP contribution is 2.18. The monoisotopic (exact) mass is 385 g/mol. The van der Waals surface area contributed by atoms with Crippen LogP contribution in [0.5, 0.6) is 0 Å². The number of hydrogen-bond donors (Lipinski definition) is 2. The first kappa shape index (κ1) is 20.6. The largest absolute Gasteiger partial charge is 0.455 e. The van der Waals surface area contributed by atoms with E-state index < -0.39 is 29.3 Å². The van der Waals surface area contributed by atoms with Gasteiger partial charge in [-0.15, -0.1) is 0 Å². The number of ether oxygens (including phenoxy) is 1. The molecule has 0 saturated carbocycles. The molecule has 2 aromatic rings. The molecule has 2 rings (SSSR count). The summed E-state index contributed by atoms with van der Waals surface area (Å²) < 4.78 is 4.89. The molecule has 146 valence electrons. The molecule has 0 saturated heterocycles. The minimum Gasteiger partial charge on any atom is -0.455 e. The van der Waals surface area contributed by atoms with Gasteiger partial charge in [-0.2, -0.15) is 0 Å². The number of nitro benzene ring substituents is 1. The lowest BCUT2D eigenvalue weighted by atomic mass is 9.98. The van der Waals surface area contributed by atoms with E-state index in [2.05, 4.69) is 10.9 Å². The highest BCUT2D eigenvalue weighted by atomic mass is 16.6. The summed E-state index contributed by atoms with van der Waals surface area (Å²) in [5.74, 6) is -2.08. The first-order chi connectivity index (χ1) is 13.4. The number of hydrogen-bond acceptors (Lipinski definition) is 6. The average molecular weight is 385 g/mol. The lowest BCUT2D eigenvalue weighted by Crippen LogP contribution is -2.43. The lowest BCUT2D eigenvalue weighted by molar-refractivity contribution is -0.384. The Hall–Kier alpha value is -3.75. The van der Waals surface area contributed by atoms with Crippen molar-refractivity contribution in [2.45, 2.75) is 19.3 Å².